The summed E-state index contributed by atoms with van der Waals surface area (Å²) in [4.78, 5) is 14.4. The van der Waals surface area contributed by atoms with E-state index in [4.69, 9.17) is 9.47 Å². The van der Waals surface area contributed by atoms with Crippen LogP contribution in [0.15, 0.2) is 12.1 Å². The third-order valence-corrected chi connectivity index (χ3v) is 4.80. The van der Waals surface area contributed by atoms with Crippen molar-refractivity contribution in [3.63, 3.8) is 0 Å². The number of rotatable bonds is 4. The number of amides is 1. The van der Waals surface area contributed by atoms with Gasteiger partial charge in [-0.15, -0.1) is 0 Å². The second kappa shape index (κ2) is 6.49. The number of hydrogen-bond acceptors (Lipinski definition) is 4. The highest BCUT2D eigenvalue weighted by atomic mass is 16.5. The molecule has 1 heterocycles. The number of nitriles is 1. The number of benzene rings is 1. The van der Waals surface area contributed by atoms with Gasteiger partial charge < -0.3 is 14.4 Å². The SMILES string of the molecule is CC[C@H](C)C(=O)N1CCc2cc(OC)c(OC)cc2[C@]1(C)C#N. The molecule has 0 bridgehead atoms. The van der Waals surface area contributed by atoms with Crippen LogP contribution in [0.3, 0.4) is 0 Å². The monoisotopic (exact) mass is 316 g/mol. The predicted octanol–water partition coefficient (Wildman–Crippen LogP) is 2.87. The van der Waals surface area contributed by atoms with Crippen LogP contribution in [-0.2, 0) is 16.8 Å². The summed E-state index contributed by atoms with van der Waals surface area (Å²) in [6.07, 6.45) is 1.46. The van der Waals surface area contributed by atoms with E-state index in [2.05, 4.69) is 6.07 Å². The maximum Gasteiger partial charge on any atom is 0.226 e. The van der Waals surface area contributed by atoms with Crippen LogP contribution in [0.4, 0.5) is 0 Å². The van der Waals surface area contributed by atoms with E-state index in [1.54, 1.807) is 26.0 Å². The maximum absolute atomic E-state index is 12.7. The highest BCUT2D eigenvalue weighted by Crippen LogP contribution is 2.41. The van der Waals surface area contributed by atoms with Crippen LogP contribution in [0.25, 0.3) is 0 Å². The molecular weight excluding hydrogens is 292 g/mol. The standard InChI is InChI=1S/C18H24N2O3/c1-6-12(2)17(21)20-8-7-13-9-15(22-4)16(23-5)10-14(13)18(20,3)11-19/h9-10,12H,6-8H2,1-5H3/t12-,18-/m0/s1. The lowest BCUT2D eigenvalue weighted by Gasteiger charge is -2.42. The molecule has 5 nitrogen and oxygen atoms in total. The summed E-state index contributed by atoms with van der Waals surface area (Å²) >= 11 is 0. The molecule has 0 N–H and O–H groups in total. The topological polar surface area (TPSA) is 62.6 Å². The van der Waals surface area contributed by atoms with E-state index in [9.17, 15) is 10.1 Å². The van der Waals surface area contributed by atoms with Crippen molar-refractivity contribution in [1.82, 2.24) is 4.90 Å². The Morgan fingerprint density at radius 2 is 2.00 bits per heavy atom. The van der Waals surface area contributed by atoms with Gasteiger partial charge in [0.25, 0.3) is 0 Å². The molecule has 23 heavy (non-hydrogen) atoms. The summed E-state index contributed by atoms with van der Waals surface area (Å²) in [5, 5.41) is 9.84. The van der Waals surface area contributed by atoms with Gasteiger partial charge >= 0.3 is 0 Å². The van der Waals surface area contributed by atoms with Crippen LogP contribution >= 0.6 is 0 Å². The normalized spacial score (nSPS) is 21.1. The molecule has 1 amide bonds. The molecule has 1 aliphatic heterocycles. The lowest BCUT2D eigenvalue weighted by atomic mass is 9.81. The highest BCUT2D eigenvalue weighted by molar-refractivity contribution is 5.80. The van der Waals surface area contributed by atoms with Crippen molar-refractivity contribution in [2.75, 3.05) is 20.8 Å². The Kier molecular flexibility index (Phi) is 4.84. The summed E-state index contributed by atoms with van der Waals surface area (Å²) in [7, 11) is 3.16. The van der Waals surface area contributed by atoms with Gasteiger partial charge in [0.15, 0.2) is 17.0 Å². The van der Waals surface area contributed by atoms with Crippen molar-refractivity contribution in [3.05, 3.63) is 23.3 Å². The number of ether oxygens (including phenoxy) is 2. The fraction of sp³-hybridized carbons (Fsp3) is 0.556. The molecule has 0 spiro atoms. The van der Waals surface area contributed by atoms with Crippen molar-refractivity contribution >= 4 is 5.91 Å². The van der Waals surface area contributed by atoms with Crippen molar-refractivity contribution in [2.45, 2.75) is 39.2 Å². The third-order valence-electron chi connectivity index (χ3n) is 4.80. The summed E-state index contributed by atoms with van der Waals surface area (Å²) in [5.74, 6) is 1.15. The molecule has 1 aliphatic rings. The molecule has 0 fully saturated rings. The van der Waals surface area contributed by atoms with Gasteiger partial charge in [0.2, 0.25) is 5.91 Å². The first-order chi connectivity index (χ1) is 10.9. The van der Waals surface area contributed by atoms with Crippen molar-refractivity contribution in [3.8, 4) is 17.6 Å². The van der Waals surface area contributed by atoms with Crippen LogP contribution in [0, 0.1) is 17.2 Å². The largest absolute Gasteiger partial charge is 0.493 e. The summed E-state index contributed by atoms with van der Waals surface area (Å²) < 4.78 is 10.7. The van der Waals surface area contributed by atoms with Crippen LogP contribution in [0.1, 0.15) is 38.3 Å². The van der Waals surface area contributed by atoms with Crippen LogP contribution in [0.2, 0.25) is 0 Å². The molecule has 1 aromatic carbocycles. The first-order valence-electron chi connectivity index (χ1n) is 7.91. The third kappa shape index (κ3) is 2.74. The number of fused-ring (bicyclic) bond motifs is 1. The first-order valence-corrected chi connectivity index (χ1v) is 7.91. The molecule has 0 saturated heterocycles. The molecule has 2 rings (SSSR count). The Hall–Kier alpha value is -2.22. The van der Waals surface area contributed by atoms with Crippen LogP contribution < -0.4 is 9.47 Å². The average molecular weight is 316 g/mol. The zero-order valence-corrected chi connectivity index (χ0v) is 14.5. The summed E-state index contributed by atoms with van der Waals surface area (Å²) in [6, 6.07) is 6.08. The Bertz CT molecular complexity index is 650. The molecule has 124 valence electrons. The van der Waals surface area contributed by atoms with Gasteiger partial charge in [-0.05, 0) is 43.0 Å². The van der Waals surface area contributed by atoms with Crippen molar-refractivity contribution in [2.24, 2.45) is 5.92 Å². The highest BCUT2D eigenvalue weighted by Gasteiger charge is 2.43. The quantitative estimate of drug-likeness (QED) is 0.857. The van der Waals surface area contributed by atoms with E-state index in [1.807, 2.05) is 26.0 Å². The minimum atomic E-state index is -0.992. The van der Waals surface area contributed by atoms with E-state index in [0.29, 0.717) is 24.5 Å². The molecule has 2 atom stereocenters. The molecular formula is C18H24N2O3. The Morgan fingerprint density at radius 3 is 2.52 bits per heavy atom. The van der Waals surface area contributed by atoms with Crippen molar-refractivity contribution < 1.29 is 14.3 Å². The number of nitrogens with zero attached hydrogens (tertiary/aromatic N) is 2. The fourth-order valence-corrected chi connectivity index (χ4v) is 3.07. The lowest BCUT2D eigenvalue weighted by molar-refractivity contribution is -0.140. The molecule has 0 radical (unpaired) electrons. The Balaban J connectivity index is 2.56. The molecule has 0 unspecified atom stereocenters. The minimum absolute atomic E-state index is 0.0250. The summed E-state index contributed by atoms with van der Waals surface area (Å²) in [6.45, 7) is 6.23. The van der Waals surface area contributed by atoms with Gasteiger partial charge in [-0.2, -0.15) is 5.26 Å². The van der Waals surface area contributed by atoms with E-state index in [-0.39, 0.29) is 11.8 Å². The van der Waals surface area contributed by atoms with Gasteiger partial charge in [0, 0.05) is 12.5 Å². The molecule has 0 saturated carbocycles. The second-order valence-corrected chi connectivity index (χ2v) is 6.10. The Morgan fingerprint density at radius 1 is 1.39 bits per heavy atom. The van der Waals surface area contributed by atoms with Gasteiger partial charge in [-0.3, -0.25) is 4.79 Å². The summed E-state index contributed by atoms with van der Waals surface area (Å²) in [5.41, 5.74) is 0.855. The number of carbonyl (C=O) groups is 1. The number of methoxy groups -OCH3 is 2. The minimum Gasteiger partial charge on any atom is -0.493 e. The predicted molar refractivity (Wildman–Crippen MR) is 87.4 cm³/mol. The molecule has 0 aliphatic carbocycles. The van der Waals surface area contributed by atoms with Gasteiger partial charge in [0.1, 0.15) is 0 Å². The number of hydrogen-bond donors (Lipinski definition) is 0. The molecule has 5 heteroatoms. The van der Waals surface area contributed by atoms with Crippen molar-refractivity contribution in [1.29, 1.82) is 5.26 Å². The average Bonchev–Trinajstić information content (AvgIpc) is 2.59. The molecule has 0 aromatic heterocycles. The molecule has 1 aromatic rings. The van der Waals surface area contributed by atoms with Crippen LogP contribution in [-0.4, -0.2) is 31.6 Å². The lowest BCUT2D eigenvalue weighted by Crippen LogP contribution is -2.52. The van der Waals surface area contributed by atoms with E-state index < -0.39 is 5.54 Å². The van der Waals surface area contributed by atoms with Crippen LogP contribution in [0.5, 0.6) is 11.5 Å². The maximum atomic E-state index is 12.7. The smallest absolute Gasteiger partial charge is 0.226 e. The second-order valence-electron chi connectivity index (χ2n) is 6.10. The first kappa shape index (κ1) is 17.1. The van der Waals surface area contributed by atoms with Gasteiger partial charge in [-0.1, -0.05) is 13.8 Å². The zero-order valence-electron chi connectivity index (χ0n) is 14.5. The van der Waals surface area contributed by atoms with E-state index in [1.165, 1.54) is 0 Å². The van der Waals surface area contributed by atoms with E-state index in [0.717, 1.165) is 17.5 Å². The Labute approximate surface area is 137 Å². The zero-order chi connectivity index (χ0) is 17.2. The van der Waals surface area contributed by atoms with E-state index >= 15 is 0 Å². The van der Waals surface area contributed by atoms with Gasteiger partial charge in [0.05, 0.1) is 20.3 Å². The fourth-order valence-electron chi connectivity index (χ4n) is 3.07. The van der Waals surface area contributed by atoms with Gasteiger partial charge in [-0.25, -0.2) is 0 Å². The number of carbonyl (C=O) groups excluding carboxylic acids is 1.